The predicted molar refractivity (Wildman–Crippen MR) is 107 cm³/mol. The Hall–Kier alpha value is -2.80. The second-order valence-corrected chi connectivity index (χ2v) is 7.39. The second kappa shape index (κ2) is 9.41. The Balaban J connectivity index is 1.63. The Morgan fingerprint density at radius 1 is 1.21 bits per heavy atom. The van der Waals surface area contributed by atoms with Gasteiger partial charge in [0.1, 0.15) is 0 Å². The molecular weight excluding hydrogens is 376 g/mol. The summed E-state index contributed by atoms with van der Waals surface area (Å²) in [4.78, 5) is 24.9. The van der Waals surface area contributed by atoms with Crippen molar-refractivity contribution in [2.75, 3.05) is 6.54 Å². The summed E-state index contributed by atoms with van der Waals surface area (Å²) in [7, 11) is 0. The number of hydrogen-bond acceptors (Lipinski definition) is 5. The van der Waals surface area contributed by atoms with Crippen molar-refractivity contribution in [1.29, 1.82) is 0 Å². The Morgan fingerprint density at radius 3 is 2.68 bits per heavy atom. The van der Waals surface area contributed by atoms with Crippen LogP contribution in [0.3, 0.4) is 0 Å². The lowest BCUT2D eigenvalue weighted by Crippen LogP contribution is -2.30. The SMILES string of the molecule is CC(C)CC(CNC(=O)Cc1cn(-c2ncccn2)nc1Cl)c1cccnc1. The van der Waals surface area contributed by atoms with E-state index in [4.69, 9.17) is 11.6 Å². The number of amides is 1. The number of nitrogens with zero attached hydrogens (tertiary/aromatic N) is 5. The molecule has 7 nitrogen and oxygen atoms in total. The highest BCUT2D eigenvalue weighted by molar-refractivity contribution is 6.30. The van der Waals surface area contributed by atoms with Crippen molar-refractivity contribution in [3.05, 3.63) is 65.5 Å². The number of pyridine rings is 1. The molecule has 3 aromatic rings. The third-order valence-electron chi connectivity index (χ3n) is 4.30. The van der Waals surface area contributed by atoms with Gasteiger partial charge < -0.3 is 5.32 Å². The predicted octanol–water partition coefficient (Wildman–Crippen LogP) is 3.20. The molecule has 3 rings (SSSR count). The zero-order valence-corrected chi connectivity index (χ0v) is 16.7. The van der Waals surface area contributed by atoms with Gasteiger partial charge in [0.2, 0.25) is 11.9 Å². The van der Waals surface area contributed by atoms with E-state index in [0.29, 0.717) is 24.0 Å². The van der Waals surface area contributed by atoms with Gasteiger partial charge in [-0.2, -0.15) is 5.10 Å². The molecule has 0 saturated carbocycles. The first-order valence-electron chi connectivity index (χ1n) is 9.21. The van der Waals surface area contributed by atoms with Crippen LogP contribution in [0.1, 0.15) is 37.3 Å². The summed E-state index contributed by atoms with van der Waals surface area (Å²) in [5.41, 5.74) is 1.76. The zero-order valence-electron chi connectivity index (χ0n) is 15.9. The van der Waals surface area contributed by atoms with Gasteiger partial charge in [-0.3, -0.25) is 9.78 Å². The molecule has 0 spiro atoms. The number of carbonyl (C=O) groups excluding carboxylic acids is 1. The van der Waals surface area contributed by atoms with Crippen LogP contribution >= 0.6 is 11.6 Å². The van der Waals surface area contributed by atoms with Crippen molar-refractivity contribution in [3.8, 4) is 5.95 Å². The maximum Gasteiger partial charge on any atom is 0.250 e. The number of nitrogens with one attached hydrogen (secondary N) is 1. The quantitative estimate of drug-likeness (QED) is 0.629. The second-order valence-electron chi connectivity index (χ2n) is 7.03. The summed E-state index contributed by atoms with van der Waals surface area (Å²) in [6.07, 6.45) is 9.66. The normalized spacial score (nSPS) is 12.1. The number of halogens is 1. The van der Waals surface area contributed by atoms with Crippen molar-refractivity contribution in [2.45, 2.75) is 32.6 Å². The summed E-state index contributed by atoms with van der Waals surface area (Å²) in [5, 5.41) is 7.47. The van der Waals surface area contributed by atoms with Crippen molar-refractivity contribution in [3.63, 3.8) is 0 Å². The highest BCUT2D eigenvalue weighted by Gasteiger charge is 2.17. The third kappa shape index (κ3) is 5.36. The molecule has 3 heterocycles. The van der Waals surface area contributed by atoms with Gasteiger partial charge in [0, 0.05) is 49.0 Å². The topological polar surface area (TPSA) is 85.6 Å². The minimum Gasteiger partial charge on any atom is -0.355 e. The van der Waals surface area contributed by atoms with Gasteiger partial charge in [-0.1, -0.05) is 31.5 Å². The molecule has 1 unspecified atom stereocenters. The van der Waals surface area contributed by atoms with Crippen LogP contribution in [0.5, 0.6) is 0 Å². The Bertz CT molecular complexity index is 898. The first-order valence-corrected chi connectivity index (χ1v) is 9.58. The van der Waals surface area contributed by atoms with Crippen molar-refractivity contribution < 1.29 is 4.79 Å². The van der Waals surface area contributed by atoms with E-state index in [1.54, 1.807) is 30.9 Å². The number of carbonyl (C=O) groups is 1. The molecule has 1 amide bonds. The number of hydrogen-bond donors (Lipinski definition) is 1. The first kappa shape index (κ1) is 19.9. The molecule has 146 valence electrons. The monoisotopic (exact) mass is 398 g/mol. The standard InChI is InChI=1S/C20H23ClN6O/c1-14(2)9-16(15-5-3-6-22-11-15)12-25-18(28)10-17-13-27(26-19(17)21)20-23-7-4-8-24-20/h3-8,11,13-14,16H,9-10,12H2,1-2H3,(H,25,28). The highest BCUT2D eigenvalue weighted by atomic mass is 35.5. The molecule has 0 bridgehead atoms. The van der Waals surface area contributed by atoms with Gasteiger partial charge in [-0.15, -0.1) is 0 Å². The Labute approximate surface area is 169 Å². The number of aromatic nitrogens is 5. The molecule has 3 aromatic heterocycles. The van der Waals surface area contributed by atoms with E-state index in [1.807, 2.05) is 18.3 Å². The summed E-state index contributed by atoms with van der Waals surface area (Å²) < 4.78 is 1.47. The minimum atomic E-state index is -0.104. The van der Waals surface area contributed by atoms with Crippen LogP contribution in [0.15, 0.2) is 49.2 Å². The molecule has 1 N–H and O–H groups in total. The van der Waals surface area contributed by atoms with E-state index in [9.17, 15) is 4.79 Å². The molecule has 0 radical (unpaired) electrons. The van der Waals surface area contributed by atoms with Gasteiger partial charge in [-0.25, -0.2) is 14.6 Å². The van der Waals surface area contributed by atoms with Gasteiger partial charge in [-0.05, 0) is 30.0 Å². The molecule has 0 aliphatic rings. The fourth-order valence-corrected chi connectivity index (χ4v) is 3.21. The average Bonchev–Trinajstić information content (AvgIpc) is 3.06. The van der Waals surface area contributed by atoms with E-state index in [0.717, 1.165) is 12.0 Å². The first-order chi connectivity index (χ1) is 13.5. The lowest BCUT2D eigenvalue weighted by atomic mass is 9.91. The summed E-state index contributed by atoms with van der Waals surface area (Å²) >= 11 is 6.19. The molecule has 28 heavy (non-hydrogen) atoms. The van der Waals surface area contributed by atoms with Crippen LogP contribution in [0.2, 0.25) is 5.15 Å². The number of rotatable bonds is 8. The lowest BCUT2D eigenvalue weighted by Gasteiger charge is -2.19. The van der Waals surface area contributed by atoms with Crippen LogP contribution in [0, 0.1) is 5.92 Å². The fraction of sp³-hybridized carbons (Fsp3) is 0.350. The van der Waals surface area contributed by atoms with E-state index in [2.05, 4.69) is 39.2 Å². The molecule has 1 atom stereocenters. The smallest absolute Gasteiger partial charge is 0.250 e. The molecule has 0 aliphatic heterocycles. The lowest BCUT2D eigenvalue weighted by molar-refractivity contribution is -0.120. The van der Waals surface area contributed by atoms with Crippen LogP contribution in [-0.2, 0) is 11.2 Å². The van der Waals surface area contributed by atoms with Crippen LogP contribution in [0.25, 0.3) is 5.95 Å². The van der Waals surface area contributed by atoms with Crippen molar-refractivity contribution in [2.24, 2.45) is 5.92 Å². The third-order valence-corrected chi connectivity index (χ3v) is 4.62. The largest absolute Gasteiger partial charge is 0.355 e. The zero-order chi connectivity index (χ0) is 19.9. The van der Waals surface area contributed by atoms with Crippen molar-refractivity contribution >= 4 is 17.5 Å². The molecule has 0 saturated heterocycles. The summed E-state index contributed by atoms with van der Waals surface area (Å²) in [6.45, 7) is 4.90. The van der Waals surface area contributed by atoms with Gasteiger partial charge in [0.05, 0.1) is 6.42 Å². The van der Waals surface area contributed by atoms with E-state index in [-0.39, 0.29) is 23.4 Å². The molecule has 0 aliphatic carbocycles. The van der Waals surface area contributed by atoms with Crippen molar-refractivity contribution in [1.82, 2.24) is 30.0 Å². The van der Waals surface area contributed by atoms with Crippen LogP contribution in [-0.4, -0.2) is 37.2 Å². The Kier molecular flexibility index (Phi) is 6.71. The van der Waals surface area contributed by atoms with E-state index >= 15 is 0 Å². The molecule has 8 heteroatoms. The molecule has 0 aromatic carbocycles. The van der Waals surface area contributed by atoms with Crippen LogP contribution in [0.4, 0.5) is 0 Å². The summed E-state index contributed by atoms with van der Waals surface area (Å²) in [6, 6.07) is 5.69. The Morgan fingerprint density at radius 2 is 2.00 bits per heavy atom. The highest BCUT2D eigenvalue weighted by Crippen LogP contribution is 2.22. The summed E-state index contributed by atoms with van der Waals surface area (Å²) in [5.74, 6) is 1.03. The van der Waals surface area contributed by atoms with Gasteiger partial charge in [0.15, 0.2) is 5.15 Å². The molecular formula is C20H23ClN6O. The van der Waals surface area contributed by atoms with Gasteiger partial charge >= 0.3 is 0 Å². The van der Waals surface area contributed by atoms with E-state index in [1.165, 1.54) is 4.68 Å². The maximum absolute atomic E-state index is 12.5. The van der Waals surface area contributed by atoms with E-state index < -0.39 is 0 Å². The molecule has 0 fully saturated rings. The minimum absolute atomic E-state index is 0.104. The fourth-order valence-electron chi connectivity index (χ4n) is 3.02. The average molecular weight is 399 g/mol. The maximum atomic E-state index is 12.5. The van der Waals surface area contributed by atoms with Gasteiger partial charge in [0.25, 0.3) is 0 Å². The van der Waals surface area contributed by atoms with Crippen LogP contribution < -0.4 is 5.32 Å².